The van der Waals surface area contributed by atoms with Crippen molar-refractivity contribution in [2.45, 2.75) is 19.3 Å². The summed E-state index contributed by atoms with van der Waals surface area (Å²) < 4.78 is 5.37. The molecule has 1 atom stereocenters. The third kappa shape index (κ3) is 2.97. The number of benzene rings is 1. The molecule has 0 saturated carbocycles. The zero-order chi connectivity index (χ0) is 13.0. The highest BCUT2D eigenvalue weighted by atomic mass is 35.5. The molecule has 18 heavy (non-hydrogen) atoms. The lowest BCUT2D eigenvalue weighted by molar-refractivity contribution is 0.0941. The van der Waals surface area contributed by atoms with Crippen LogP contribution in [0.5, 0.6) is 5.75 Å². The molecule has 1 aromatic carbocycles. The SMILES string of the molecule is COc1ccc(Cl)cc1CC1(CO)CCCNC1. The van der Waals surface area contributed by atoms with Gasteiger partial charge in [-0.1, -0.05) is 11.6 Å². The lowest BCUT2D eigenvalue weighted by atomic mass is 9.76. The lowest BCUT2D eigenvalue weighted by Crippen LogP contribution is -2.44. The van der Waals surface area contributed by atoms with Gasteiger partial charge in [0.2, 0.25) is 0 Å². The Bertz CT molecular complexity index is 403. The minimum atomic E-state index is -0.0871. The van der Waals surface area contributed by atoms with E-state index in [1.54, 1.807) is 7.11 Å². The van der Waals surface area contributed by atoms with Gasteiger partial charge in [-0.3, -0.25) is 0 Å². The summed E-state index contributed by atoms with van der Waals surface area (Å²) >= 11 is 6.05. The fourth-order valence-corrected chi connectivity index (χ4v) is 2.86. The van der Waals surface area contributed by atoms with Gasteiger partial charge in [-0.2, -0.15) is 0 Å². The Morgan fingerprint density at radius 2 is 2.33 bits per heavy atom. The number of methoxy groups -OCH3 is 1. The van der Waals surface area contributed by atoms with E-state index >= 15 is 0 Å². The molecule has 1 aliphatic heterocycles. The van der Waals surface area contributed by atoms with Crippen molar-refractivity contribution in [1.82, 2.24) is 5.32 Å². The number of nitrogens with one attached hydrogen (secondary N) is 1. The number of halogens is 1. The van der Waals surface area contributed by atoms with E-state index in [1.807, 2.05) is 18.2 Å². The maximum atomic E-state index is 9.72. The van der Waals surface area contributed by atoms with E-state index < -0.39 is 0 Å². The molecule has 1 aromatic rings. The average molecular weight is 270 g/mol. The summed E-state index contributed by atoms with van der Waals surface area (Å²) in [7, 11) is 1.66. The topological polar surface area (TPSA) is 41.5 Å². The predicted molar refractivity (Wildman–Crippen MR) is 73.3 cm³/mol. The zero-order valence-electron chi connectivity index (χ0n) is 10.7. The van der Waals surface area contributed by atoms with Crippen LogP contribution in [-0.4, -0.2) is 31.9 Å². The third-order valence-electron chi connectivity index (χ3n) is 3.70. The van der Waals surface area contributed by atoms with Crippen LogP contribution in [0.2, 0.25) is 5.02 Å². The number of piperidine rings is 1. The molecule has 0 radical (unpaired) electrons. The standard InChI is InChI=1S/C14H20ClNO2/c1-18-13-4-3-12(15)7-11(13)8-14(10-17)5-2-6-16-9-14/h3-4,7,16-17H,2,5-6,8-10H2,1H3. The molecule has 0 aliphatic carbocycles. The molecule has 1 saturated heterocycles. The molecule has 3 nitrogen and oxygen atoms in total. The van der Waals surface area contributed by atoms with Gasteiger partial charge in [-0.25, -0.2) is 0 Å². The van der Waals surface area contributed by atoms with Crippen LogP contribution >= 0.6 is 11.6 Å². The van der Waals surface area contributed by atoms with Gasteiger partial charge in [0.05, 0.1) is 13.7 Å². The third-order valence-corrected chi connectivity index (χ3v) is 3.94. The van der Waals surface area contributed by atoms with Gasteiger partial charge >= 0.3 is 0 Å². The van der Waals surface area contributed by atoms with E-state index in [1.165, 1.54) is 0 Å². The quantitative estimate of drug-likeness (QED) is 0.881. The highest BCUT2D eigenvalue weighted by molar-refractivity contribution is 6.30. The second kappa shape index (κ2) is 5.91. The van der Waals surface area contributed by atoms with Crippen molar-refractivity contribution in [2.24, 2.45) is 5.41 Å². The van der Waals surface area contributed by atoms with Gasteiger partial charge in [0.25, 0.3) is 0 Å². The smallest absolute Gasteiger partial charge is 0.122 e. The van der Waals surface area contributed by atoms with Crippen molar-refractivity contribution < 1.29 is 9.84 Å². The van der Waals surface area contributed by atoms with Crippen LogP contribution in [0.25, 0.3) is 0 Å². The second-order valence-corrected chi connectivity index (χ2v) is 5.51. The maximum Gasteiger partial charge on any atom is 0.122 e. The number of rotatable bonds is 4. The second-order valence-electron chi connectivity index (χ2n) is 5.07. The Kier molecular flexibility index (Phi) is 4.49. The highest BCUT2D eigenvalue weighted by Crippen LogP contribution is 2.34. The van der Waals surface area contributed by atoms with Gasteiger partial charge in [0.15, 0.2) is 0 Å². The first-order valence-corrected chi connectivity index (χ1v) is 6.71. The van der Waals surface area contributed by atoms with E-state index in [0.29, 0.717) is 5.02 Å². The van der Waals surface area contributed by atoms with Crippen molar-refractivity contribution in [3.05, 3.63) is 28.8 Å². The Labute approximate surface area is 113 Å². The summed E-state index contributed by atoms with van der Waals surface area (Å²) in [6.07, 6.45) is 2.93. The lowest BCUT2D eigenvalue weighted by Gasteiger charge is -2.36. The minimum absolute atomic E-state index is 0.0871. The largest absolute Gasteiger partial charge is 0.496 e. The molecule has 2 rings (SSSR count). The van der Waals surface area contributed by atoms with Crippen LogP contribution in [0.3, 0.4) is 0 Å². The number of hydrogen-bond donors (Lipinski definition) is 2. The van der Waals surface area contributed by atoms with E-state index in [0.717, 1.165) is 43.7 Å². The first-order chi connectivity index (χ1) is 8.69. The van der Waals surface area contributed by atoms with Crippen LogP contribution in [0.15, 0.2) is 18.2 Å². The van der Waals surface area contributed by atoms with E-state index in [-0.39, 0.29) is 12.0 Å². The van der Waals surface area contributed by atoms with Crippen molar-refractivity contribution in [3.8, 4) is 5.75 Å². The Morgan fingerprint density at radius 1 is 1.50 bits per heavy atom. The van der Waals surface area contributed by atoms with Crippen LogP contribution in [-0.2, 0) is 6.42 Å². The number of hydrogen-bond acceptors (Lipinski definition) is 3. The Morgan fingerprint density at radius 3 is 2.94 bits per heavy atom. The summed E-state index contributed by atoms with van der Waals surface area (Å²) in [6, 6.07) is 5.65. The first-order valence-electron chi connectivity index (χ1n) is 6.33. The van der Waals surface area contributed by atoms with Crippen LogP contribution < -0.4 is 10.1 Å². The fourth-order valence-electron chi connectivity index (χ4n) is 2.66. The molecule has 0 spiro atoms. The predicted octanol–water partition coefficient (Wildman–Crippen LogP) is 2.25. The molecule has 0 aromatic heterocycles. The molecule has 2 N–H and O–H groups in total. The average Bonchev–Trinajstić information content (AvgIpc) is 2.40. The molecule has 1 fully saturated rings. The normalized spacial score (nSPS) is 23.9. The van der Waals surface area contributed by atoms with E-state index in [9.17, 15) is 5.11 Å². The fraction of sp³-hybridized carbons (Fsp3) is 0.571. The zero-order valence-corrected chi connectivity index (χ0v) is 11.5. The van der Waals surface area contributed by atoms with Crippen molar-refractivity contribution in [3.63, 3.8) is 0 Å². The molecular weight excluding hydrogens is 250 g/mol. The number of ether oxygens (including phenoxy) is 1. The molecule has 1 unspecified atom stereocenters. The van der Waals surface area contributed by atoms with Crippen molar-refractivity contribution in [1.29, 1.82) is 0 Å². The maximum absolute atomic E-state index is 9.72. The van der Waals surface area contributed by atoms with Gasteiger partial charge in [0, 0.05) is 17.0 Å². The molecule has 0 bridgehead atoms. The monoisotopic (exact) mass is 269 g/mol. The molecule has 4 heteroatoms. The van der Waals surface area contributed by atoms with Crippen LogP contribution in [0, 0.1) is 5.41 Å². The Hall–Kier alpha value is -0.770. The minimum Gasteiger partial charge on any atom is -0.496 e. The molecule has 100 valence electrons. The van der Waals surface area contributed by atoms with Crippen molar-refractivity contribution >= 4 is 11.6 Å². The van der Waals surface area contributed by atoms with Gasteiger partial charge in [-0.05, 0) is 49.6 Å². The van der Waals surface area contributed by atoms with Crippen LogP contribution in [0.4, 0.5) is 0 Å². The highest BCUT2D eigenvalue weighted by Gasteiger charge is 2.32. The molecular formula is C14H20ClNO2. The van der Waals surface area contributed by atoms with Gasteiger partial charge in [0.1, 0.15) is 5.75 Å². The molecule has 1 aliphatic rings. The van der Waals surface area contributed by atoms with Crippen molar-refractivity contribution in [2.75, 3.05) is 26.8 Å². The van der Waals surface area contributed by atoms with Crippen LogP contribution in [0.1, 0.15) is 18.4 Å². The van der Waals surface area contributed by atoms with Gasteiger partial charge in [-0.15, -0.1) is 0 Å². The van der Waals surface area contributed by atoms with E-state index in [2.05, 4.69) is 5.32 Å². The molecule has 1 heterocycles. The first kappa shape index (κ1) is 13.7. The summed E-state index contributed by atoms with van der Waals surface area (Å²) in [4.78, 5) is 0. The summed E-state index contributed by atoms with van der Waals surface area (Å²) in [5, 5.41) is 13.8. The Balaban J connectivity index is 2.23. The molecule has 0 amide bonds. The van der Waals surface area contributed by atoms with Gasteiger partial charge < -0.3 is 15.2 Å². The summed E-state index contributed by atoms with van der Waals surface area (Å²) in [5.41, 5.74) is 0.985. The summed E-state index contributed by atoms with van der Waals surface area (Å²) in [5.74, 6) is 0.845. The number of aliphatic hydroxyl groups is 1. The summed E-state index contributed by atoms with van der Waals surface area (Å²) in [6.45, 7) is 2.07. The van der Waals surface area contributed by atoms with E-state index in [4.69, 9.17) is 16.3 Å². The number of aliphatic hydroxyl groups excluding tert-OH is 1.